The summed E-state index contributed by atoms with van der Waals surface area (Å²) in [5.74, 6) is 0.525. The van der Waals surface area contributed by atoms with E-state index in [-0.39, 0.29) is 5.41 Å². The second-order valence-electron chi connectivity index (χ2n) is 15.4. The number of rotatable bonds is 6. The fourth-order valence-electron chi connectivity index (χ4n) is 8.82. The number of hydrogen-bond acceptors (Lipinski definition) is 2. The normalized spacial score (nSPS) is 15.6. The van der Waals surface area contributed by atoms with E-state index in [1.54, 1.807) is 0 Å². The summed E-state index contributed by atoms with van der Waals surface area (Å²) in [6.45, 7) is 6.99. The van der Waals surface area contributed by atoms with Crippen molar-refractivity contribution < 1.29 is 0 Å². The van der Waals surface area contributed by atoms with Crippen LogP contribution >= 0.6 is 0 Å². The number of nitrogens with zero attached hydrogens (tertiary/aromatic N) is 3. The number of benzene rings is 6. The molecule has 8 aromatic rings. The average molecular weight is 696 g/mol. The first-order valence-corrected chi connectivity index (χ1v) is 19.0. The van der Waals surface area contributed by atoms with Crippen LogP contribution in [-0.2, 0) is 5.41 Å². The maximum Gasteiger partial charge on any atom is 0.0541 e. The van der Waals surface area contributed by atoms with Crippen molar-refractivity contribution in [3.05, 3.63) is 187 Å². The summed E-state index contributed by atoms with van der Waals surface area (Å²) in [7, 11) is 0. The van der Waals surface area contributed by atoms with Gasteiger partial charge in [-0.15, -0.1) is 0 Å². The molecule has 260 valence electrons. The molecule has 2 aromatic heterocycles. The summed E-state index contributed by atoms with van der Waals surface area (Å²) in [6, 6.07) is 53.6. The highest BCUT2D eigenvalue weighted by molar-refractivity contribution is 6.11. The Morgan fingerprint density at radius 3 is 2.02 bits per heavy atom. The van der Waals surface area contributed by atoms with Crippen molar-refractivity contribution in [2.75, 3.05) is 4.90 Å². The molecular weight excluding hydrogens is 655 g/mol. The molecule has 3 heteroatoms. The Morgan fingerprint density at radius 1 is 0.593 bits per heavy atom. The molecule has 0 radical (unpaired) electrons. The van der Waals surface area contributed by atoms with Crippen molar-refractivity contribution in [3.63, 3.8) is 0 Å². The van der Waals surface area contributed by atoms with Crippen LogP contribution in [0, 0.1) is 5.92 Å². The van der Waals surface area contributed by atoms with Gasteiger partial charge in [0.1, 0.15) is 0 Å². The fourth-order valence-corrected chi connectivity index (χ4v) is 8.82. The Bertz CT molecular complexity index is 2760. The number of hydrogen-bond donors (Lipinski definition) is 0. The first-order valence-electron chi connectivity index (χ1n) is 19.0. The number of fused-ring (bicyclic) bond motifs is 6. The summed E-state index contributed by atoms with van der Waals surface area (Å²) in [6.07, 6.45) is 11.8. The molecule has 1 unspecified atom stereocenters. The molecule has 0 amide bonds. The number of aromatic nitrogens is 2. The zero-order valence-electron chi connectivity index (χ0n) is 30.9. The Balaban J connectivity index is 1.06. The summed E-state index contributed by atoms with van der Waals surface area (Å²) >= 11 is 0. The lowest BCUT2D eigenvalue weighted by molar-refractivity contribution is 0.660. The molecule has 0 aliphatic heterocycles. The second kappa shape index (κ2) is 12.6. The van der Waals surface area contributed by atoms with Gasteiger partial charge in [0.15, 0.2) is 0 Å². The third kappa shape index (κ3) is 5.22. The average Bonchev–Trinajstić information content (AvgIpc) is 3.67. The first-order chi connectivity index (χ1) is 26.4. The maximum atomic E-state index is 4.35. The van der Waals surface area contributed by atoms with Crippen LogP contribution in [0.25, 0.3) is 60.9 Å². The highest BCUT2D eigenvalue weighted by Crippen LogP contribution is 2.50. The Morgan fingerprint density at radius 2 is 1.26 bits per heavy atom. The number of allylic oxidation sites excluding steroid dienone is 4. The highest BCUT2D eigenvalue weighted by Gasteiger charge is 2.35. The first kappa shape index (κ1) is 32.2. The molecule has 54 heavy (non-hydrogen) atoms. The van der Waals surface area contributed by atoms with E-state index in [2.05, 4.69) is 193 Å². The zero-order chi connectivity index (χ0) is 36.4. The van der Waals surface area contributed by atoms with Crippen molar-refractivity contribution in [3.8, 4) is 33.4 Å². The molecule has 0 saturated carbocycles. The molecule has 2 heterocycles. The lowest BCUT2D eigenvalue weighted by Crippen LogP contribution is -2.16. The van der Waals surface area contributed by atoms with Crippen molar-refractivity contribution in [2.24, 2.45) is 5.92 Å². The third-order valence-corrected chi connectivity index (χ3v) is 11.6. The summed E-state index contributed by atoms with van der Waals surface area (Å²) in [4.78, 5) is 6.74. The molecule has 10 rings (SSSR count). The largest absolute Gasteiger partial charge is 0.310 e. The van der Waals surface area contributed by atoms with Crippen LogP contribution in [0.2, 0.25) is 0 Å². The Hall–Kier alpha value is -6.45. The van der Waals surface area contributed by atoms with Gasteiger partial charge in [-0.3, -0.25) is 4.98 Å². The smallest absolute Gasteiger partial charge is 0.0541 e. The molecule has 2 aliphatic rings. The maximum absolute atomic E-state index is 4.35. The van der Waals surface area contributed by atoms with E-state index < -0.39 is 0 Å². The predicted octanol–water partition coefficient (Wildman–Crippen LogP) is 13.7. The number of anilines is 3. The van der Waals surface area contributed by atoms with Crippen molar-refractivity contribution in [1.29, 1.82) is 0 Å². The van der Waals surface area contributed by atoms with Gasteiger partial charge in [-0.1, -0.05) is 118 Å². The molecule has 1 atom stereocenters. The van der Waals surface area contributed by atoms with Gasteiger partial charge < -0.3 is 9.47 Å². The van der Waals surface area contributed by atoms with Gasteiger partial charge in [-0.05, 0) is 124 Å². The molecular formula is C51H41N3. The van der Waals surface area contributed by atoms with Crippen LogP contribution in [-0.4, -0.2) is 9.55 Å². The van der Waals surface area contributed by atoms with Gasteiger partial charge in [0.2, 0.25) is 0 Å². The van der Waals surface area contributed by atoms with Crippen molar-refractivity contribution in [1.82, 2.24) is 9.55 Å². The fraction of sp³-hybridized carbons (Fsp3) is 0.118. The minimum absolute atomic E-state index is 0.0918. The minimum atomic E-state index is -0.0918. The standard InChI is InChI=1S/C51H41N3/c1-34-10-8-12-41(30-34)54-49-16-7-5-14-45(49)46-31-37(21-28-50(46)54)35-17-22-39(23-18-35)53(40-24-19-36(20-25-40)38-11-9-29-52-33-38)42-26-27-44-43-13-4-6-15-47(43)51(2,3)48(44)32-42/h4-9,11-34H,10H2,1-3H3. The Kier molecular flexibility index (Phi) is 7.52. The zero-order valence-corrected chi connectivity index (χ0v) is 30.9. The molecule has 6 aromatic carbocycles. The van der Waals surface area contributed by atoms with E-state index in [0.717, 1.165) is 34.6 Å². The van der Waals surface area contributed by atoms with Crippen LogP contribution < -0.4 is 4.90 Å². The third-order valence-electron chi connectivity index (χ3n) is 11.6. The molecule has 0 bridgehead atoms. The Labute approximate surface area is 317 Å². The predicted molar refractivity (Wildman–Crippen MR) is 228 cm³/mol. The van der Waals surface area contributed by atoms with Crippen LogP contribution in [0.1, 0.15) is 38.3 Å². The van der Waals surface area contributed by atoms with E-state index >= 15 is 0 Å². The minimum Gasteiger partial charge on any atom is -0.310 e. The lowest BCUT2D eigenvalue weighted by atomic mass is 9.82. The van der Waals surface area contributed by atoms with Gasteiger partial charge >= 0.3 is 0 Å². The van der Waals surface area contributed by atoms with E-state index in [0.29, 0.717) is 5.92 Å². The van der Waals surface area contributed by atoms with Crippen LogP contribution in [0.4, 0.5) is 17.1 Å². The van der Waals surface area contributed by atoms with Gasteiger partial charge in [0.05, 0.1) is 11.0 Å². The van der Waals surface area contributed by atoms with Crippen molar-refractivity contribution in [2.45, 2.75) is 32.6 Å². The van der Waals surface area contributed by atoms with E-state index in [9.17, 15) is 0 Å². The monoisotopic (exact) mass is 695 g/mol. The van der Waals surface area contributed by atoms with E-state index in [1.165, 1.54) is 60.9 Å². The van der Waals surface area contributed by atoms with Crippen molar-refractivity contribution >= 4 is 44.6 Å². The topological polar surface area (TPSA) is 21.1 Å². The van der Waals surface area contributed by atoms with Gasteiger partial charge in [-0.25, -0.2) is 0 Å². The molecule has 0 spiro atoms. The lowest BCUT2D eigenvalue weighted by Gasteiger charge is -2.28. The number of para-hydroxylation sites is 1. The molecule has 0 fully saturated rings. The highest BCUT2D eigenvalue weighted by atomic mass is 15.1. The van der Waals surface area contributed by atoms with Crippen LogP contribution in [0.15, 0.2) is 176 Å². The molecule has 0 N–H and O–H groups in total. The van der Waals surface area contributed by atoms with Gasteiger partial charge in [0.25, 0.3) is 0 Å². The quantitative estimate of drug-likeness (QED) is 0.173. The second-order valence-corrected chi connectivity index (χ2v) is 15.4. The summed E-state index contributed by atoms with van der Waals surface area (Å²) in [5.41, 5.74) is 17.1. The van der Waals surface area contributed by atoms with E-state index in [4.69, 9.17) is 0 Å². The molecule has 0 saturated heterocycles. The summed E-state index contributed by atoms with van der Waals surface area (Å²) in [5, 5.41) is 2.55. The van der Waals surface area contributed by atoms with Crippen LogP contribution in [0.3, 0.4) is 0 Å². The molecule has 3 nitrogen and oxygen atoms in total. The molecule has 2 aliphatic carbocycles. The van der Waals surface area contributed by atoms with Gasteiger partial charge in [-0.2, -0.15) is 0 Å². The van der Waals surface area contributed by atoms with E-state index in [1.807, 2.05) is 18.5 Å². The van der Waals surface area contributed by atoms with Crippen LogP contribution in [0.5, 0.6) is 0 Å². The summed E-state index contributed by atoms with van der Waals surface area (Å²) < 4.78 is 2.43. The van der Waals surface area contributed by atoms with Gasteiger partial charge in [0, 0.05) is 51.3 Å². The SMILES string of the molecule is CC1C=C(n2c3ccccc3c3cc(-c4ccc(N(c5ccc(-c6cccnc6)cc5)c5ccc6c(c5)C(C)(C)c5ccccc5-6)cc4)ccc32)C=CC1. The number of pyridine rings is 1.